The molecule has 2 unspecified atom stereocenters. The first-order valence-electron chi connectivity index (χ1n) is 9.12. The maximum Gasteiger partial charge on any atom is 0.156 e. The van der Waals surface area contributed by atoms with Gasteiger partial charge in [0, 0.05) is 10.6 Å². The molecule has 1 aromatic rings. The lowest BCUT2D eigenvalue weighted by Gasteiger charge is -2.55. The van der Waals surface area contributed by atoms with Crippen LogP contribution < -0.4 is 5.32 Å². The van der Waals surface area contributed by atoms with E-state index in [2.05, 4.69) is 37.2 Å². The van der Waals surface area contributed by atoms with E-state index in [0.29, 0.717) is 12.1 Å². The van der Waals surface area contributed by atoms with Crippen LogP contribution in [0.15, 0.2) is 29.8 Å². The molecule has 25 heavy (non-hydrogen) atoms. The number of nitrogens with one attached hydrogen (secondary N) is 1. The number of hydrogen-bond donors (Lipinski definition) is 2. The third-order valence-corrected chi connectivity index (χ3v) is 5.04. The van der Waals surface area contributed by atoms with E-state index in [4.69, 9.17) is 16.4 Å². The Kier molecular flexibility index (Phi) is 5.57. The summed E-state index contributed by atoms with van der Waals surface area (Å²) in [5.74, 6) is 0. The minimum atomic E-state index is -0.579. The predicted octanol–water partition coefficient (Wildman–Crippen LogP) is 3.99. The fourth-order valence-corrected chi connectivity index (χ4v) is 3.75. The summed E-state index contributed by atoms with van der Waals surface area (Å²) in [7, 11) is 0. The van der Waals surface area contributed by atoms with Crippen molar-refractivity contribution in [1.29, 1.82) is 0 Å². The fourth-order valence-electron chi connectivity index (χ4n) is 3.63. The summed E-state index contributed by atoms with van der Waals surface area (Å²) < 4.78 is 0. The molecule has 0 spiro atoms. The second kappa shape index (κ2) is 7.37. The number of aliphatic hydroxyl groups is 1. The van der Waals surface area contributed by atoms with E-state index in [1.54, 1.807) is 6.92 Å². The van der Waals surface area contributed by atoms with E-state index in [9.17, 15) is 5.11 Å². The van der Waals surface area contributed by atoms with Crippen molar-refractivity contribution >= 4 is 17.7 Å². The van der Waals surface area contributed by atoms with Gasteiger partial charge in [0.1, 0.15) is 0 Å². The highest BCUT2D eigenvalue weighted by molar-refractivity contribution is 6.30. The molecule has 4 nitrogen and oxygen atoms in total. The molecule has 2 fully saturated rings. The van der Waals surface area contributed by atoms with Gasteiger partial charge >= 0.3 is 0 Å². The molecule has 3 rings (SSSR count). The highest BCUT2D eigenvalue weighted by Crippen LogP contribution is 2.44. The Hall–Kier alpha value is -0.910. The number of fused-ring (bicyclic) bond motifs is 2. The van der Waals surface area contributed by atoms with Crippen LogP contribution in [0.25, 0.3) is 6.08 Å². The molecule has 0 saturated carbocycles. The summed E-state index contributed by atoms with van der Waals surface area (Å²) in [4.78, 5) is 6.19. The topological polar surface area (TPSA) is 44.7 Å². The van der Waals surface area contributed by atoms with E-state index in [1.807, 2.05) is 24.3 Å². The Balaban J connectivity index is 1.71. The Bertz CT molecular complexity index is 608. The van der Waals surface area contributed by atoms with Crippen LogP contribution >= 0.6 is 11.6 Å². The summed E-state index contributed by atoms with van der Waals surface area (Å²) in [5.41, 5.74) is 2.48. The molecule has 2 N–H and O–H groups in total. The quantitative estimate of drug-likeness (QED) is 0.775. The summed E-state index contributed by atoms with van der Waals surface area (Å²) in [5, 5.41) is 16.3. The molecule has 0 radical (unpaired) electrons. The molecule has 0 amide bonds. The SMILES string of the molecule is C[C@@H](O)[C@@H](NC(C)(C)C)ON1C2CCCC1C2=Cc1ccc(Cl)cc1. The molecule has 0 aliphatic carbocycles. The maximum absolute atomic E-state index is 10.1. The molecule has 0 aromatic heterocycles. The molecule has 1 aromatic carbocycles. The summed E-state index contributed by atoms with van der Waals surface area (Å²) in [6.07, 6.45) is 4.69. The molecule has 138 valence electrons. The van der Waals surface area contributed by atoms with E-state index >= 15 is 0 Å². The van der Waals surface area contributed by atoms with Crippen molar-refractivity contribution in [3.63, 3.8) is 0 Å². The number of hydroxylamine groups is 2. The van der Waals surface area contributed by atoms with Crippen molar-refractivity contribution in [2.75, 3.05) is 0 Å². The molecular weight excluding hydrogens is 336 g/mol. The van der Waals surface area contributed by atoms with E-state index in [1.165, 1.54) is 17.6 Å². The van der Waals surface area contributed by atoms with Gasteiger partial charge in [-0.05, 0) is 70.2 Å². The lowest BCUT2D eigenvalue weighted by molar-refractivity contribution is -0.298. The zero-order valence-electron chi connectivity index (χ0n) is 15.5. The minimum Gasteiger partial charge on any atom is -0.389 e. The Morgan fingerprint density at radius 3 is 2.36 bits per heavy atom. The summed E-state index contributed by atoms with van der Waals surface area (Å²) >= 11 is 5.98. The Labute approximate surface area is 155 Å². The van der Waals surface area contributed by atoms with Crippen LogP contribution in [0.4, 0.5) is 0 Å². The predicted molar refractivity (Wildman–Crippen MR) is 102 cm³/mol. The number of hydrogen-bond acceptors (Lipinski definition) is 4. The summed E-state index contributed by atoms with van der Waals surface area (Å²) in [6.45, 7) is 8.00. The fraction of sp³-hybridized carbons (Fsp3) is 0.600. The third kappa shape index (κ3) is 4.44. The number of halogens is 1. The van der Waals surface area contributed by atoms with E-state index in [0.717, 1.165) is 17.9 Å². The number of rotatable bonds is 5. The zero-order valence-corrected chi connectivity index (χ0v) is 16.3. The number of nitrogens with zero attached hydrogens (tertiary/aromatic N) is 1. The van der Waals surface area contributed by atoms with Gasteiger partial charge in [0.15, 0.2) is 6.23 Å². The monoisotopic (exact) mass is 364 g/mol. The second-order valence-electron chi connectivity index (χ2n) is 8.18. The average molecular weight is 365 g/mol. The van der Waals surface area contributed by atoms with Crippen LogP contribution in [0, 0.1) is 0 Å². The van der Waals surface area contributed by atoms with Crippen LogP contribution in [0.3, 0.4) is 0 Å². The van der Waals surface area contributed by atoms with Crippen molar-refractivity contribution in [3.05, 3.63) is 40.4 Å². The van der Waals surface area contributed by atoms with Crippen molar-refractivity contribution in [2.45, 2.75) is 76.9 Å². The normalized spacial score (nSPS) is 26.1. The van der Waals surface area contributed by atoms with E-state index in [-0.39, 0.29) is 5.54 Å². The lowest BCUT2D eigenvalue weighted by Crippen LogP contribution is -2.64. The first-order chi connectivity index (χ1) is 11.7. The van der Waals surface area contributed by atoms with Gasteiger partial charge in [0.2, 0.25) is 0 Å². The molecule has 2 aliphatic heterocycles. The second-order valence-corrected chi connectivity index (χ2v) is 8.62. The van der Waals surface area contributed by atoms with Gasteiger partial charge in [0.25, 0.3) is 0 Å². The largest absolute Gasteiger partial charge is 0.389 e. The van der Waals surface area contributed by atoms with Gasteiger partial charge in [-0.25, -0.2) is 0 Å². The maximum atomic E-state index is 10.1. The highest BCUT2D eigenvalue weighted by Gasteiger charge is 2.48. The molecule has 2 saturated heterocycles. The van der Waals surface area contributed by atoms with E-state index < -0.39 is 12.3 Å². The Morgan fingerprint density at radius 2 is 1.84 bits per heavy atom. The smallest absolute Gasteiger partial charge is 0.156 e. The molecule has 4 atom stereocenters. The average Bonchev–Trinajstić information content (AvgIpc) is 2.54. The third-order valence-electron chi connectivity index (χ3n) is 4.79. The van der Waals surface area contributed by atoms with Gasteiger partial charge < -0.3 is 5.11 Å². The molecule has 2 aliphatic rings. The van der Waals surface area contributed by atoms with Gasteiger partial charge in [-0.1, -0.05) is 29.8 Å². The molecule has 2 bridgehead atoms. The van der Waals surface area contributed by atoms with Crippen LogP contribution in [-0.2, 0) is 4.84 Å². The number of benzene rings is 1. The molecular formula is C20H29ClN2O2. The Morgan fingerprint density at radius 1 is 1.24 bits per heavy atom. The first kappa shape index (κ1) is 18.9. The zero-order chi connectivity index (χ0) is 18.2. The van der Waals surface area contributed by atoms with Crippen LogP contribution in [0.5, 0.6) is 0 Å². The van der Waals surface area contributed by atoms with Gasteiger partial charge in [-0.15, -0.1) is 0 Å². The summed E-state index contributed by atoms with van der Waals surface area (Å²) in [6, 6.07) is 8.55. The van der Waals surface area contributed by atoms with Crippen molar-refractivity contribution < 1.29 is 9.94 Å². The van der Waals surface area contributed by atoms with Crippen molar-refractivity contribution in [3.8, 4) is 0 Å². The van der Waals surface area contributed by atoms with Crippen LogP contribution in [-0.4, -0.2) is 40.1 Å². The molecule has 5 heteroatoms. The van der Waals surface area contributed by atoms with Crippen LogP contribution in [0.1, 0.15) is 52.5 Å². The van der Waals surface area contributed by atoms with Crippen molar-refractivity contribution in [1.82, 2.24) is 10.4 Å². The van der Waals surface area contributed by atoms with Crippen LogP contribution in [0.2, 0.25) is 5.02 Å². The van der Waals surface area contributed by atoms with Crippen molar-refractivity contribution in [2.24, 2.45) is 0 Å². The standard InChI is InChI=1S/C20H29ClN2O2/c1-13(24)19(22-20(2,3)4)25-23-17-6-5-7-18(23)16(17)12-14-8-10-15(21)11-9-14/h8-13,17-19,22,24H,5-7H2,1-4H3/t13-,17?,18?,19+/m1/s1. The van der Waals surface area contributed by atoms with Gasteiger partial charge in [-0.3, -0.25) is 10.2 Å². The van der Waals surface area contributed by atoms with Gasteiger partial charge in [0.05, 0.1) is 18.2 Å². The minimum absolute atomic E-state index is 0.121. The highest BCUT2D eigenvalue weighted by atomic mass is 35.5. The lowest BCUT2D eigenvalue weighted by atomic mass is 9.76. The number of aliphatic hydroxyl groups excluding tert-OH is 1. The molecule has 2 heterocycles. The number of piperidine rings is 1. The first-order valence-corrected chi connectivity index (χ1v) is 9.50. The van der Waals surface area contributed by atoms with Gasteiger partial charge in [-0.2, -0.15) is 5.06 Å².